The molecule has 1 aliphatic rings. The van der Waals surface area contributed by atoms with Crippen molar-refractivity contribution in [1.82, 2.24) is 9.88 Å². The second-order valence-electron chi connectivity index (χ2n) is 5.80. The van der Waals surface area contributed by atoms with Crippen LogP contribution in [0.1, 0.15) is 64.0 Å². The number of unbranched alkanes of at least 4 members (excludes halogenated alkanes) is 1. The maximum atomic E-state index is 4.58. The molecule has 3 heteroatoms. The molecule has 1 aliphatic heterocycles. The van der Waals surface area contributed by atoms with Crippen molar-refractivity contribution in [2.24, 2.45) is 0 Å². The van der Waals surface area contributed by atoms with Gasteiger partial charge in [0, 0.05) is 18.8 Å². The van der Waals surface area contributed by atoms with Gasteiger partial charge in [0.1, 0.15) is 5.82 Å². The maximum Gasteiger partial charge on any atom is 0.125 e. The zero-order chi connectivity index (χ0) is 14.2. The lowest BCUT2D eigenvalue weighted by atomic mass is 9.96. The van der Waals surface area contributed by atoms with E-state index in [1.165, 1.54) is 57.2 Å². The van der Waals surface area contributed by atoms with Crippen molar-refractivity contribution >= 4 is 5.82 Å². The molecule has 1 atom stereocenters. The highest BCUT2D eigenvalue weighted by Gasteiger charge is 2.23. The first-order chi connectivity index (χ1) is 9.85. The zero-order valence-corrected chi connectivity index (χ0v) is 13.1. The van der Waals surface area contributed by atoms with Gasteiger partial charge in [0.25, 0.3) is 0 Å². The Bertz CT molecular complexity index is 372. The van der Waals surface area contributed by atoms with Crippen LogP contribution >= 0.6 is 0 Å². The second-order valence-corrected chi connectivity index (χ2v) is 5.80. The van der Waals surface area contributed by atoms with Gasteiger partial charge in [-0.15, -0.1) is 0 Å². The fourth-order valence-electron chi connectivity index (χ4n) is 3.02. The van der Waals surface area contributed by atoms with E-state index in [-0.39, 0.29) is 0 Å². The monoisotopic (exact) mass is 275 g/mol. The summed E-state index contributed by atoms with van der Waals surface area (Å²) >= 11 is 0. The van der Waals surface area contributed by atoms with E-state index in [0.717, 1.165) is 12.4 Å². The maximum absolute atomic E-state index is 4.58. The molecule has 1 saturated heterocycles. The fraction of sp³-hybridized carbons (Fsp3) is 0.706. The molecule has 0 unspecified atom stereocenters. The average Bonchev–Trinajstić information content (AvgIpc) is 2.49. The molecule has 0 bridgehead atoms. The third-order valence-electron chi connectivity index (χ3n) is 4.13. The van der Waals surface area contributed by atoms with E-state index >= 15 is 0 Å². The number of nitrogens with zero attached hydrogens (tertiary/aromatic N) is 2. The van der Waals surface area contributed by atoms with Gasteiger partial charge < -0.3 is 5.32 Å². The largest absolute Gasteiger partial charge is 0.370 e. The lowest BCUT2D eigenvalue weighted by Crippen LogP contribution is -2.34. The predicted molar refractivity (Wildman–Crippen MR) is 86.1 cm³/mol. The van der Waals surface area contributed by atoms with Crippen molar-refractivity contribution in [3.63, 3.8) is 0 Å². The molecule has 0 radical (unpaired) electrons. The van der Waals surface area contributed by atoms with Crippen molar-refractivity contribution in [2.45, 2.75) is 58.4 Å². The molecule has 2 rings (SSSR count). The van der Waals surface area contributed by atoms with Crippen molar-refractivity contribution in [3.8, 4) is 0 Å². The Morgan fingerprint density at radius 3 is 2.85 bits per heavy atom. The molecule has 1 aromatic heterocycles. The SMILES string of the molecule is CCCCNc1ccc([C@@H]2CCCCN2CCC)cn1. The Morgan fingerprint density at radius 2 is 2.15 bits per heavy atom. The van der Waals surface area contributed by atoms with Gasteiger partial charge in [-0.1, -0.05) is 32.8 Å². The van der Waals surface area contributed by atoms with Crippen molar-refractivity contribution < 1.29 is 0 Å². The van der Waals surface area contributed by atoms with E-state index < -0.39 is 0 Å². The minimum absolute atomic E-state index is 0.584. The van der Waals surface area contributed by atoms with Gasteiger partial charge in [-0.2, -0.15) is 0 Å². The van der Waals surface area contributed by atoms with E-state index in [2.05, 4.69) is 47.4 Å². The summed E-state index contributed by atoms with van der Waals surface area (Å²) in [5, 5.41) is 3.39. The highest BCUT2D eigenvalue weighted by atomic mass is 15.2. The summed E-state index contributed by atoms with van der Waals surface area (Å²) in [6, 6.07) is 4.99. The summed E-state index contributed by atoms with van der Waals surface area (Å²) in [5.74, 6) is 1.01. The van der Waals surface area contributed by atoms with Crippen LogP contribution in [0.4, 0.5) is 5.82 Å². The predicted octanol–water partition coefficient (Wildman–Crippen LogP) is 4.23. The average molecular weight is 275 g/mol. The van der Waals surface area contributed by atoms with Crippen molar-refractivity contribution in [2.75, 3.05) is 25.0 Å². The van der Waals surface area contributed by atoms with Crippen LogP contribution in [-0.2, 0) is 0 Å². The molecule has 0 aliphatic carbocycles. The van der Waals surface area contributed by atoms with Gasteiger partial charge in [0.2, 0.25) is 0 Å². The van der Waals surface area contributed by atoms with Crippen LogP contribution in [0.25, 0.3) is 0 Å². The van der Waals surface area contributed by atoms with Gasteiger partial charge in [0.15, 0.2) is 0 Å². The fourth-order valence-corrected chi connectivity index (χ4v) is 3.02. The molecular formula is C17H29N3. The first kappa shape index (κ1) is 15.3. The summed E-state index contributed by atoms with van der Waals surface area (Å²) in [6.07, 6.45) is 9.72. The molecule has 1 N–H and O–H groups in total. The van der Waals surface area contributed by atoms with Gasteiger partial charge in [-0.3, -0.25) is 4.90 Å². The zero-order valence-electron chi connectivity index (χ0n) is 13.1. The first-order valence-corrected chi connectivity index (χ1v) is 8.29. The van der Waals surface area contributed by atoms with Crippen molar-refractivity contribution in [3.05, 3.63) is 23.9 Å². The number of rotatable bonds is 7. The smallest absolute Gasteiger partial charge is 0.125 e. The lowest BCUT2D eigenvalue weighted by Gasteiger charge is -2.35. The summed E-state index contributed by atoms with van der Waals surface area (Å²) in [6.45, 7) is 7.96. The van der Waals surface area contributed by atoms with E-state index in [9.17, 15) is 0 Å². The summed E-state index contributed by atoms with van der Waals surface area (Å²) in [4.78, 5) is 7.21. The third-order valence-corrected chi connectivity index (χ3v) is 4.13. The third kappa shape index (κ3) is 4.20. The molecular weight excluding hydrogens is 246 g/mol. The van der Waals surface area contributed by atoms with Crippen LogP contribution in [0.5, 0.6) is 0 Å². The Hall–Kier alpha value is -1.09. The summed E-state index contributed by atoms with van der Waals surface area (Å²) < 4.78 is 0. The van der Waals surface area contributed by atoms with Gasteiger partial charge in [-0.05, 0) is 50.4 Å². The standard InChI is InChI=1S/C17H29N3/c1-3-5-11-18-17-10-9-15(14-19-17)16-8-6-7-13-20(16)12-4-2/h9-10,14,16H,3-8,11-13H2,1-2H3,(H,18,19)/t16-/m0/s1. The highest BCUT2D eigenvalue weighted by Crippen LogP contribution is 2.30. The molecule has 2 heterocycles. The van der Waals surface area contributed by atoms with E-state index in [1.807, 2.05) is 0 Å². The Labute approximate surface area is 123 Å². The molecule has 1 aromatic rings. The lowest BCUT2D eigenvalue weighted by molar-refractivity contribution is 0.149. The van der Waals surface area contributed by atoms with Crippen LogP contribution in [0, 0.1) is 0 Å². The minimum atomic E-state index is 0.584. The van der Waals surface area contributed by atoms with E-state index in [1.54, 1.807) is 0 Å². The van der Waals surface area contributed by atoms with Gasteiger partial charge in [0.05, 0.1) is 0 Å². The van der Waals surface area contributed by atoms with E-state index in [4.69, 9.17) is 0 Å². The van der Waals surface area contributed by atoms with Crippen molar-refractivity contribution in [1.29, 1.82) is 0 Å². The molecule has 3 nitrogen and oxygen atoms in total. The Balaban J connectivity index is 1.96. The molecule has 112 valence electrons. The number of hydrogen-bond donors (Lipinski definition) is 1. The second kappa shape index (κ2) is 8.25. The topological polar surface area (TPSA) is 28.2 Å². The number of nitrogens with one attached hydrogen (secondary N) is 1. The number of pyridine rings is 1. The number of hydrogen-bond acceptors (Lipinski definition) is 3. The highest BCUT2D eigenvalue weighted by molar-refractivity contribution is 5.36. The molecule has 0 aromatic carbocycles. The molecule has 0 spiro atoms. The number of aromatic nitrogens is 1. The quantitative estimate of drug-likeness (QED) is 0.755. The van der Waals surface area contributed by atoms with Crippen LogP contribution in [0.2, 0.25) is 0 Å². The molecule has 20 heavy (non-hydrogen) atoms. The Kier molecular flexibility index (Phi) is 6.31. The van der Waals surface area contributed by atoms with Crippen LogP contribution in [-0.4, -0.2) is 29.5 Å². The van der Waals surface area contributed by atoms with E-state index in [0.29, 0.717) is 6.04 Å². The summed E-state index contributed by atoms with van der Waals surface area (Å²) in [5.41, 5.74) is 1.39. The number of anilines is 1. The molecule has 0 amide bonds. The summed E-state index contributed by atoms with van der Waals surface area (Å²) in [7, 11) is 0. The molecule has 1 fully saturated rings. The minimum Gasteiger partial charge on any atom is -0.370 e. The Morgan fingerprint density at radius 1 is 1.25 bits per heavy atom. The normalized spacial score (nSPS) is 20.0. The van der Waals surface area contributed by atoms with Crippen LogP contribution in [0.3, 0.4) is 0 Å². The van der Waals surface area contributed by atoms with Crippen LogP contribution < -0.4 is 5.32 Å². The molecule has 0 saturated carbocycles. The number of piperidine rings is 1. The van der Waals surface area contributed by atoms with Crippen LogP contribution in [0.15, 0.2) is 18.3 Å². The first-order valence-electron chi connectivity index (χ1n) is 8.29. The van der Waals surface area contributed by atoms with Gasteiger partial charge in [-0.25, -0.2) is 4.98 Å². The van der Waals surface area contributed by atoms with Gasteiger partial charge >= 0.3 is 0 Å². The number of likely N-dealkylation sites (tertiary alicyclic amines) is 1.